The molecular formula is C8H7Br2O. The third kappa shape index (κ3) is 2.49. The highest BCUT2D eigenvalue weighted by Crippen LogP contribution is 2.28. The molecule has 0 amide bonds. The van der Waals surface area contributed by atoms with E-state index in [0.29, 0.717) is 0 Å². The minimum atomic E-state index is 0.829. The van der Waals surface area contributed by atoms with Crippen molar-refractivity contribution in [3.8, 4) is 5.75 Å². The molecule has 1 aromatic rings. The fraction of sp³-hybridized carbons (Fsp3) is 0.125. The molecule has 0 atom stereocenters. The lowest BCUT2D eigenvalue weighted by molar-refractivity contribution is 0.414. The van der Waals surface area contributed by atoms with E-state index in [1.165, 1.54) is 0 Å². The van der Waals surface area contributed by atoms with E-state index < -0.39 is 0 Å². The first kappa shape index (κ1) is 9.07. The standard InChI is InChI=1S/C8H7Br2O/c1-2-11-8-4-3-6(9)5-7(8)10/h2-5H,1H3. The molecule has 0 unspecified atom stereocenters. The zero-order valence-corrected chi connectivity index (χ0v) is 9.15. The SMILES string of the molecule is C[CH]Oc1ccc(Br)cc1Br. The molecule has 0 fully saturated rings. The van der Waals surface area contributed by atoms with Crippen molar-refractivity contribution in [3.05, 3.63) is 33.8 Å². The molecule has 0 N–H and O–H groups in total. The zero-order valence-electron chi connectivity index (χ0n) is 5.97. The van der Waals surface area contributed by atoms with Crippen LogP contribution in [0.5, 0.6) is 5.75 Å². The number of hydrogen-bond donors (Lipinski definition) is 0. The lowest BCUT2D eigenvalue weighted by Crippen LogP contribution is -1.85. The van der Waals surface area contributed by atoms with Crippen LogP contribution >= 0.6 is 31.9 Å². The molecule has 59 valence electrons. The molecule has 1 radical (unpaired) electrons. The highest BCUT2D eigenvalue weighted by molar-refractivity contribution is 9.11. The summed E-state index contributed by atoms with van der Waals surface area (Å²) in [5.74, 6) is 0.829. The van der Waals surface area contributed by atoms with Crippen LogP contribution in [0.3, 0.4) is 0 Å². The molecule has 3 heteroatoms. The molecule has 1 aromatic carbocycles. The van der Waals surface area contributed by atoms with Crippen molar-refractivity contribution in [1.29, 1.82) is 0 Å². The van der Waals surface area contributed by atoms with E-state index in [1.54, 1.807) is 6.61 Å². The van der Waals surface area contributed by atoms with Gasteiger partial charge in [0.05, 0.1) is 4.47 Å². The lowest BCUT2D eigenvalue weighted by atomic mass is 10.3. The Balaban J connectivity index is 2.90. The summed E-state index contributed by atoms with van der Waals surface area (Å²) in [6.45, 7) is 3.49. The Hall–Kier alpha value is -0.0200. The molecule has 0 aliphatic rings. The third-order valence-electron chi connectivity index (χ3n) is 1.14. The van der Waals surface area contributed by atoms with Crippen molar-refractivity contribution in [2.75, 3.05) is 0 Å². The predicted octanol–water partition coefficient (Wildman–Crippen LogP) is 3.77. The predicted molar refractivity (Wildman–Crippen MR) is 52.4 cm³/mol. The monoisotopic (exact) mass is 277 g/mol. The van der Waals surface area contributed by atoms with Crippen LogP contribution in [0.4, 0.5) is 0 Å². The summed E-state index contributed by atoms with van der Waals surface area (Å²) in [6.07, 6.45) is 0. The van der Waals surface area contributed by atoms with E-state index in [-0.39, 0.29) is 0 Å². The van der Waals surface area contributed by atoms with Gasteiger partial charge in [0.2, 0.25) is 0 Å². The van der Waals surface area contributed by atoms with Gasteiger partial charge in [-0.15, -0.1) is 0 Å². The smallest absolute Gasteiger partial charge is 0.134 e. The molecule has 0 aliphatic carbocycles. The maximum absolute atomic E-state index is 5.20. The molecule has 0 heterocycles. The van der Waals surface area contributed by atoms with Crippen LogP contribution < -0.4 is 4.74 Å². The fourth-order valence-corrected chi connectivity index (χ4v) is 1.84. The summed E-state index contributed by atoms with van der Waals surface area (Å²) in [6, 6.07) is 5.77. The average molecular weight is 279 g/mol. The van der Waals surface area contributed by atoms with E-state index in [4.69, 9.17) is 4.74 Å². The molecule has 0 saturated heterocycles. The second-order valence-corrected chi connectivity index (χ2v) is 3.70. The van der Waals surface area contributed by atoms with Gasteiger partial charge in [-0.2, -0.15) is 0 Å². The number of benzene rings is 1. The van der Waals surface area contributed by atoms with E-state index in [1.807, 2.05) is 25.1 Å². The van der Waals surface area contributed by atoms with Gasteiger partial charge in [-0.1, -0.05) is 15.9 Å². The Morgan fingerprint density at radius 3 is 2.64 bits per heavy atom. The number of ether oxygens (including phenoxy) is 1. The van der Waals surface area contributed by atoms with Crippen LogP contribution in [0, 0.1) is 6.61 Å². The Morgan fingerprint density at radius 2 is 2.09 bits per heavy atom. The zero-order chi connectivity index (χ0) is 8.27. The highest BCUT2D eigenvalue weighted by atomic mass is 79.9. The quantitative estimate of drug-likeness (QED) is 0.800. The fourth-order valence-electron chi connectivity index (χ4n) is 0.698. The highest BCUT2D eigenvalue weighted by Gasteiger charge is 1.99. The second-order valence-electron chi connectivity index (χ2n) is 1.93. The first-order valence-electron chi connectivity index (χ1n) is 3.13. The van der Waals surface area contributed by atoms with Gasteiger partial charge in [-0.25, -0.2) is 0 Å². The first-order chi connectivity index (χ1) is 5.24. The summed E-state index contributed by atoms with van der Waals surface area (Å²) in [4.78, 5) is 0. The molecule has 11 heavy (non-hydrogen) atoms. The van der Waals surface area contributed by atoms with Crippen molar-refractivity contribution >= 4 is 31.9 Å². The van der Waals surface area contributed by atoms with Crippen LogP contribution in [0.15, 0.2) is 27.1 Å². The van der Waals surface area contributed by atoms with Gasteiger partial charge in [0.1, 0.15) is 12.4 Å². The summed E-state index contributed by atoms with van der Waals surface area (Å²) in [7, 11) is 0. The minimum absolute atomic E-state index is 0.829. The van der Waals surface area contributed by atoms with Crippen molar-refractivity contribution in [1.82, 2.24) is 0 Å². The summed E-state index contributed by atoms with van der Waals surface area (Å²) >= 11 is 6.72. The Morgan fingerprint density at radius 1 is 1.36 bits per heavy atom. The maximum Gasteiger partial charge on any atom is 0.134 e. The van der Waals surface area contributed by atoms with Crippen molar-refractivity contribution in [2.45, 2.75) is 6.92 Å². The van der Waals surface area contributed by atoms with Crippen LogP contribution in [-0.2, 0) is 0 Å². The number of rotatable bonds is 2. The largest absolute Gasteiger partial charge is 0.486 e. The molecule has 0 aliphatic heterocycles. The van der Waals surface area contributed by atoms with Crippen LogP contribution in [0.2, 0.25) is 0 Å². The molecule has 0 aromatic heterocycles. The second kappa shape index (κ2) is 4.12. The van der Waals surface area contributed by atoms with Gasteiger partial charge >= 0.3 is 0 Å². The number of hydrogen-bond acceptors (Lipinski definition) is 1. The van der Waals surface area contributed by atoms with Gasteiger partial charge in [-0.3, -0.25) is 0 Å². The summed E-state index contributed by atoms with van der Waals surface area (Å²) < 4.78 is 7.18. The van der Waals surface area contributed by atoms with Crippen LogP contribution in [-0.4, -0.2) is 0 Å². The van der Waals surface area contributed by atoms with Crippen LogP contribution in [0.1, 0.15) is 6.92 Å². The maximum atomic E-state index is 5.20. The van der Waals surface area contributed by atoms with Gasteiger partial charge in [0.15, 0.2) is 0 Å². The Bertz CT molecular complexity index is 248. The lowest BCUT2D eigenvalue weighted by Gasteiger charge is -2.03. The average Bonchev–Trinajstić information content (AvgIpc) is 1.95. The van der Waals surface area contributed by atoms with Gasteiger partial charge in [0.25, 0.3) is 0 Å². The van der Waals surface area contributed by atoms with Crippen LogP contribution in [0.25, 0.3) is 0 Å². The molecule has 0 spiro atoms. The topological polar surface area (TPSA) is 9.23 Å². The molecule has 0 bridgehead atoms. The summed E-state index contributed by atoms with van der Waals surface area (Å²) in [5.41, 5.74) is 0. The molecule has 1 rings (SSSR count). The van der Waals surface area contributed by atoms with Gasteiger partial charge in [0, 0.05) is 4.47 Å². The third-order valence-corrected chi connectivity index (χ3v) is 2.25. The van der Waals surface area contributed by atoms with Gasteiger partial charge in [-0.05, 0) is 41.1 Å². The van der Waals surface area contributed by atoms with E-state index >= 15 is 0 Å². The minimum Gasteiger partial charge on any atom is -0.486 e. The van der Waals surface area contributed by atoms with Crippen molar-refractivity contribution in [3.63, 3.8) is 0 Å². The normalized spacial score (nSPS) is 9.73. The number of halogens is 2. The molecule has 0 saturated carbocycles. The van der Waals surface area contributed by atoms with Gasteiger partial charge < -0.3 is 4.74 Å². The first-order valence-corrected chi connectivity index (χ1v) is 4.72. The Kier molecular flexibility index (Phi) is 3.40. The molecule has 1 nitrogen and oxygen atoms in total. The molecular weight excluding hydrogens is 272 g/mol. The Labute approximate surface area is 83.0 Å². The summed E-state index contributed by atoms with van der Waals surface area (Å²) in [5, 5.41) is 0. The van der Waals surface area contributed by atoms with E-state index in [0.717, 1.165) is 14.7 Å². The van der Waals surface area contributed by atoms with Crippen molar-refractivity contribution < 1.29 is 4.74 Å². The van der Waals surface area contributed by atoms with E-state index in [9.17, 15) is 0 Å². The van der Waals surface area contributed by atoms with E-state index in [2.05, 4.69) is 31.9 Å². The van der Waals surface area contributed by atoms with Crippen molar-refractivity contribution in [2.24, 2.45) is 0 Å².